The third-order valence-corrected chi connectivity index (χ3v) is 7.80. The quantitative estimate of drug-likeness (QED) is 0.279. The molecule has 1 aliphatic rings. The SMILES string of the molecule is CC(C)(C)c1cc(Br)cc(C(CC(=O)O)Cc2cc(OCCc3ccc4c(n3)CCCC4)n(C(C)(C)C)n2)c1. The Labute approximate surface area is 241 Å². The van der Waals surface area contributed by atoms with Crippen molar-refractivity contribution in [3.05, 3.63) is 74.6 Å². The van der Waals surface area contributed by atoms with Gasteiger partial charge in [0, 0.05) is 28.3 Å². The highest BCUT2D eigenvalue weighted by molar-refractivity contribution is 9.10. The van der Waals surface area contributed by atoms with Gasteiger partial charge in [-0.25, -0.2) is 4.68 Å². The number of benzene rings is 1. The van der Waals surface area contributed by atoms with E-state index in [2.05, 4.69) is 81.7 Å². The van der Waals surface area contributed by atoms with Gasteiger partial charge in [0.2, 0.25) is 5.88 Å². The van der Waals surface area contributed by atoms with Gasteiger partial charge in [-0.15, -0.1) is 0 Å². The predicted octanol–water partition coefficient (Wildman–Crippen LogP) is 7.39. The summed E-state index contributed by atoms with van der Waals surface area (Å²) in [6.45, 7) is 13.3. The molecule has 1 unspecified atom stereocenters. The van der Waals surface area contributed by atoms with E-state index in [1.807, 2.05) is 16.8 Å². The van der Waals surface area contributed by atoms with Gasteiger partial charge < -0.3 is 9.84 Å². The minimum atomic E-state index is -0.818. The molecular formula is C32H42BrN3O3. The topological polar surface area (TPSA) is 77.2 Å². The van der Waals surface area contributed by atoms with Crippen molar-refractivity contribution >= 4 is 21.9 Å². The first-order valence-electron chi connectivity index (χ1n) is 14.0. The number of ether oxygens (including phenoxy) is 1. The Bertz CT molecular complexity index is 1320. The number of carboxylic acids is 1. The fourth-order valence-electron chi connectivity index (χ4n) is 5.17. The maximum atomic E-state index is 11.9. The van der Waals surface area contributed by atoms with Crippen LogP contribution in [0.2, 0.25) is 0 Å². The van der Waals surface area contributed by atoms with Crippen LogP contribution >= 0.6 is 15.9 Å². The van der Waals surface area contributed by atoms with Crippen molar-refractivity contribution in [2.75, 3.05) is 6.61 Å². The third kappa shape index (κ3) is 7.71. The molecular weight excluding hydrogens is 554 g/mol. The van der Waals surface area contributed by atoms with Crippen molar-refractivity contribution < 1.29 is 14.6 Å². The van der Waals surface area contributed by atoms with E-state index in [1.165, 1.54) is 29.7 Å². The summed E-state index contributed by atoms with van der Waals surface area (Å²) in [5.41, 5.74) is 6.36. The number of aromatic nitrogens is 3. The van der Waals surface area contributed by atoms with Gasteiger partial charge in [0.25, 0.3) is 0 Å². The Morgan fingerprint density at radius 3 is 2.49 bits per heavy atom. The molecule has 0 saturated carbocycles. The largest absolute Gasteiger partial charge is 0.481 e. The lowest BCUT2D eigenvalue weighted by Gasteiger charge is -2.23. The summed E-state index contributed by atoms with van der Waals surface area (Å²) in [4.78, 5) is 16.8. The van der Waals surface area contributed by atoms with Crippen LogP contribution in [0.4, 0.5) is 0 Å². The lowest BCUT2D eigenvalue weighted by Crippen LogP contribution is -2.25. The summed E-state index contributed by atoms with van der Waals surface area (Å²) in [5.74, 6) is -0.326. The second-order valence-corrected chi connectivity index (χ2v) is 13.7. The van der Waals surface area contributed by atoms with E-state index in [0.29, 0.717) is 18.9 Å². The molecule has 1 N–H and O–H groups in total. The van der Waals surface area contributed by atoms with Crippen molar-refractivity contribution in [3.8, 4) is 5.88 Å². The standard InChI is InChI=1S/C32H42BrN3O3/c1-31(2,3)24-15-22(16-25(33)19-24)23(18-30(37)38)17-27-20-29(36(35-27)32(4,5)6)39-14-13-26-12-11-21-9-7-8-10-28(21)34-26/h11-12,15-16,19-20,23H,7-10,13-14,17-18H2,1-6H3,(H,37,38). The lowest BCUT2D eigenvalue weighted by molar-refractivity contribution is -0.137. The fourth-order valence-corrected chi connectivity index (χ4v) is 5.68. The van der Waals surface area contributed by atoms with Gasteiger partial charge in [-0.3, -0.25) is 9.78 Å². The minimum Gasteiger partial charge on any atom is -0.481 e. The van der Waals surface area contributed by atoms with E-state index in [1.54, 1.807) is 0 Å². The molecule has 1 aliphatic carbocycles. The van der Waals surface area contributed by atoms with E-state index in [4.69, 9.17) is 14.8 Å². The maximum Gasteiger partial charge on any atom is 0.303 e. The number of rotatable bonds is 9. The molecule has 7 heteroatoms. The molecule has 2 aromatic heterocycles. The molecule has 0 aliphatic heterocycles. The van der Waals surface area contributed by atoms with Crippen LogP contribution in [0.15, 0.2) is 40.9 Å². The Morgan fingerprint density at radius 1 is 1.05 bits per heavy atom. The number of fused-ring (bicyclic) bond motifs is 1. The molecule has 39 heavy (non-hydrogen) atoms. The van der Waals surface area contributed by atoms with Crippen LogP contribution < -0.4 is 4.74 Å². The van der Waals surface area contributed by atoms with Crippen LogP contribution in [0.1, 0.15) is 100 Å². The molecule has 1 aromatic carbocycles. The molecule has 2 heterocycles. The molecule has 0 spiro atoms. The van der Waals surface area contributed by atoms with Crippen molar-refractivity contribution in [1.29, 1.82) is 0 Å². The van der Waals surface area contributed by atoms with Crippen LogP contribution in [-0.4, -0.2) is 32.4 Å². The Kier molecular flexibility index (Phi) is 8.89. The van der Waals surface area contributed by atoms with Gasteiger partial charge in [-0.2, -0.15) is 5.10 Å². The number of aryl methyl sites for hydroxylation is 2. The summed E-state index contributed by atoms with van der Waals surface area (Å²) < 4.78 is 9.16. The van der Waals surface area contributed by atoms with Crippen molar-refractivity contribution in [3.63, 3.8) is 0 Å². The molecule has 4 rings (SSSR count). The predicted molar refractivity (Wildman–Crippen MR) is 159 cm³/mol. The molecule has 6 nitrogen and oxygen atoms in total. The summed E-state index contributed by atoms with van der Waals surface area (Å²) in [6.07, 6.45) is 5.94. The summed E-state index contributed by atoms with van der Waals surface area (Å²) >= 11 is 3.64. The van der Waals surface area contributed by atoms with Crippen LogP contribution in [-0.2, 0) is 41.4 Å². The van der Waals surface area contributed by atoms with Gasteiger partial charge >= 0.3 is 5.97 Å². The van der Waals surface area contributed by atoms with E-state index in [0.717, 1.165) is 40.7 Å². The minimum absolute atomic E-state index is 0.0304. The zero-order chi connectivity index (χ0) is 28.4. The number of pyridine rings is 1. The average Bonchev–Trinajstić information content (AvgIpc) is 3.25. The lowest BCUT2D eigenvalue weighted by atomic mass is 9.83. The van der Waals surface area contributed by atoms with Gasteiger partial charge in [0.1, 0.15) is 0 Å². The van der Waals surface area contributed by atoms with Crippen molar-refractivity contribution in [2.45, 2.75) is 103 Å². The van der Waals surface area contributed by atoms with Gasteiger partial charge in [-0.1, -0.05) is 48.8 Å². The molecule has 0 fully saturated rings. The zero-order valence-electron chi connectivity index (χ0n) is 24.2. The first-order chi connectivity index (χ1) is 18.3. The van der Waals surface area contributed by atoms with E-state index in [-0.39, 0.29) is 23.3 Å². The summed E-state index contributed by atoms with van der Waals surface area (Å²) in [7, 11) is 0. The Hall–Kier alpha value is -2.67. The number of halogens is 1. The number of aliphatic carboxylic acids is 1. The second-order valence-electron chi connectivity index (χ2n) is 12.8. The highest BCUT2D eigenvalue weighted by Crippen LogP contribution is 2.34. The van der Waals surface area contributed by atoms with Crippen LogP contribution in [0.5, 0.6) is 5.88 Å². The normalized spacial score (nSPS) is 14.6. The highest BCUT2D eigenvalue weighted by atomic mass is 79.9. The van der Waals surface area contributed by atoms with E-state index in [9.17, 15) is 9.90 Å². The van der Waals surface area contributed by atoms with Crippen molar-refractivity contribution in [2.24, 2.45) is 0 Å². The van der Waals surface area contributed by atoms with E-state index >= 15 is 0 Å². The number of nitrogens with zero attached hydrogens (tertiary/aromatic N) is 3. The zero-order valence-corrected chi connectivity index (χ0v) is 25.8. The fraction of sp³-hybridized carbons (Fsp3) is 0.531. The monoisotopic (exact) mass is 595 g/mol. The second kappa shape index (κ2) is 11.8. The van der Waals surface area contributed by atoms with Crippen LogP contribution in [0.3, 0.4) is 0 Å². The van der Waals surface area contributed by atoms with E-state index < -0.39 is 5.97 Å². The number of hydrogen-bond acceptors (Lipinski definition) is 4. The first-order valence-corrected chi connectivity index (χ1v) is 14.8. The molecule has 0 radical (unpaired) electrons. The average molecular weight is 597 g/mol. The highest BCUT2D eigenvalue weighted by Gasteiger charge is 2.25. The molecule has 0 saturated heterocycles. The molecule has 1 atom stereocenters. The van der Waals surface area contributed by atoms with Gasteiger partial charge in [0.05, 0.1) is 24.3 Å². The number of carboxylic acid groups (broad SMARTS) is 1. The van der Waals surface area contributed by atoms with Crippen molar-refractivity contribution in [1.82, 2.24) is 14.8 Å². The van der Waals surface area contributed by atoms with Gasteiger partial charge in [-0.05, 0) is 99.1 Å². The summed E-state index contributed by atoms with van der Waals surface area (Å²) in [6, 6.07) is 12.6. The van der Waals surface area contributed by atoms with Crippen LogP contribution in [0.25, 0.3) is 0 Å². The maximum absolute atomic E-state index is 11.9. The Balaban J connectivity index is 1.54. The molecule has 0 amide bonds. The van der Waals surface area contributed by atoms with Crippen LogP contribution in [0, 0.1) is 0 Å². The smallest absolute Gasteiger partial charge is 0.303 e. The molecule has 210 valence electrons. The number of hydrogen-bond donors (Lipinski definition) is 1. The summed E-state index contributed by atoms with van der Waals surface area (Å²) in [5, 5.41) is 14.6. The number of carbonyl (C=O) groups is 1. The molecule has 3 aromatic rings. The Morgan fingerprint density at radius 2 is 1.79 bits per heavy atom. The first kappa shape index (κ1) is 29.3. The van der Waals surface area contributed by atoms with Gasteiger partial charge in [0.15, 0.2) is 0 Å². The molecule has 0 bridgehead atoms. The third-order valence-electron chi connectivity index (χ3n) is 7.34.